The van der Waals surface area contributed by atoms with E-state index in [9.17, 15) is 39.6 Å². The quantitative estimate of drug-likeness (QED) is 0.0336. The number of aliphatic carboxylic acids is 4. The fourth-order valence-corrected chi connectivity index (χ4v) is 14.1. The van der Waals surface area contributed by atoms with Crippen LogP contribution in [0.5, 0.6) is 0 Å². The maximum absolute atomic E-state index is 10.7. The molecule has 0 saturated heterocycles. The number of unbranched alkanes of at least 4 members (excludes halogenated alkanes) is 22. The predicted molar refractivity (Wildman–Crippen MR) is 239 cm³/mol. The summed E-state index contributed by atoms with van der Waals surface area (Å²) >= 11 is 0.299. The van der Waals surface area contributed by atoms with E-state index in [0.717, 1.165) is 38.5 Å². The molecule has 0 amide bonds. The Kier molecular flexibility index (Phi) is 61.4. The second-order valence-electron chi connectivity index (χ2n) is 15.3. The molecule has 0 N–H and O–H groups in total. The summed E-state index contributed by atoms with van der Waals surface area (Å²) in [5, 5.41) is 41.9. The van der Waals surface area contributed by atoms with Gasteiger partial charge in [-0.1, -0.05) is 129 Å². The Morgan fingerprint density at radius 1 is 0.328 bits per heavy atom. The molecule has 0 fully saturated rings. The Morgan fingerprint density at radius 3 is 0.724 bits per heavy atom. The molecule has 0 aromatic heterocycles. The molecule has 0 aromatic rings. The average molecular weight is 1030 g/mol. The van der Waals surface area contributed by atoms with E-state index in [1.807, 2.05) is 0 Å². The number of carbonyl (C=O) groups is 4. The molecule has 0 aliphatic carbocycles. The molecule has 10 heteroatoms. The van der Waals surface area contributed by atoms with Gasteiger partial charge < -0.3 is 39.6 Å². The molecule has 0 rings (SSSR count). The Balaban J connectivity index is -0.000000358. The number of carboxylic acid groups (broad SMARTS) is 4. The molecular weight excluding hydrogens is 942 g/mol. The summed E-state index contributed by atoms with van der Waals surface area (Å²) in [6.07, 6.45) is 36.5. The molecule has 0 unspecified atom stereocenters. The van der Waals surface area contributed by atoms with Crippen molar-refractivity contribution in [1.82, 2.24) is 0 Å². The van der Waals surface area contributed by atoms with Gasteiger partial charge in [0.2, 0.25) is 0 Å². The van der Waals surface area contributed by atoms with Crippen molar-refractivity contribution in [3.63, 3.8) is 0 Å². The summed E-state index contributed by atoms with van der Waals surface area (Å²) in [7, 11) is 0. The van der Waals surface area contributed by atoms with Crippen LogP contribution in [0.4, 0.5) is 0 Å². The van der Waals surface area contributed by atoms with Crippen molar-refractivity contribution in [3.05, 3.63) is 23.3 Å². The summed E-state index contributed by atoms with van der Waals surface area (Å²) < 4.78 is 6.50. The van der Waals surface area contributed by atoms with Crippen LogP contribution in [0.2, 0.25) is 17.7 Å². The van der Waals surface area contributed by atoms with Crippen LogP contribution in [0.3, 0.4) is 0 Å². The Hall–Kier alpha value is -1.04. The fraction of sp³-hybridized carbons (Fsp3) is 0.833. The van der Waals surface area contributed by atoms with Crippen LogP contribution in [0.1, 0.15) is 234 Å². The van der Waals surface area contributed by atoms with Gasteiger partial charge in [0.25, 0.3) is 0 Å². The van der Waals surface area contributed by atoms with Crippen molar-refractivity contribution in [2.45, 2.75) is 252 Å². The van der Waals surface area contributed by atoms with E-state index in [1.165, 1.54) is 128 Å². The van der Waals surface area contributed by atoms with Crippen molar-refractivity contribution in [3.8, 4) is 0 Å². The number of carboxylic acids is 4. The summed E-state index contributed by atoms with van der Waals surface area (Å²) in [4.78, 5) is 41.9. The molecule has 58 heavy (non-hydrogen) atoms. The molecule has 0 atom stereocenters. The maximum atomic E-state index is 10.7. The van der Waals surface area contributed by atoms with Crippen LogP contribution in [-0.4, -0.2) is 66.2 Å². The van der Waals surface area contributed by atoms with E-state index < -0.39 is 23.9 Å². The molecule has 8 nitrogen and oxygen atoms in total. The zero-order valence-corrected chi connectivity index (χ0v) is 44.2. The van der Waals surface area contributed by atoms with Gasteiger partial charge >= 0.3 is 139 Å². The van der Waals surface area contributed by atoms with Crippen molar-refractivity contribution < 1.29 is 39.6 Å². The Bertz CT molecular complexity index is 879. The molecular formula is C48H88O8Sn2. The number of hydrogen-bond donors (Lipinski definition) is 0. The van der Waals surface area contributed by atoms with Crippen LogP contribution in [0.15, 0.2) is 23.3 Å². The summed E-state index contributed by atoms with van der Waals surface area (Å²) in [6, 6.07) is 0. The SMILES string of the molecule is CCCCCCCCCCCC/C(=C/C(=O)[O-])C(=O)[O-].CCCCCCCCCCCC/C(=C/C(=O)[O-])C(=O)[O-].CCC[CH2][Sn+2][CH2]CCC.CCC[CH2][Sn+2][CH2]CCC. The first-order chi connectivity index (χ1) is 28.0. The topological polar surface area (TPSA) is 161 Å². The van der Waals surface area contributed by atoms with Gasteiger partial charge in [-0.3, -0.25) is 0 Å². The molecule has 0 spiro atoms. The van der Waals surface area contributed by atoms with Crippen LogP contribution >= 0.6 is 0 Å². The van der Waals surface area contributed by atoms with Crippen LogP contribution < -0.4 is 20.4 Å². The molecule has 0 aliphatic rings. The van der Waals surface area contributed by atoms with Gasteiger partial charge in [0, 0.05) is 0 Å². The van der Waals surface area contributed by atoms with E-state index in [0.29, 0.717) is 25.0 Å². The van der Waals surface area contributed by atoms with Crippen LogP contribution in [-0.2, 0) is 19.2 Å². The van der Waals surface area contributed by atoms with E-state index in [2.05, 4.69) is 41.5 Å². The second-order valence-corrected chi connectivity index (χ2v) is 23.9. The molecule has 0 aliphatic heterocycles. The minimum atomic E-state index is -1.48. The van der Waals surface area contributed by atoms with Gasteiger partial charge in [-0.25, -0.2) is 0 Å². The van der Waals surface area contributed by atoms with Gasteiger partial charge in [0.1, 0.15) is 0 Å². The molecule has 0 heterocycles. The zero-order chi connectivity index (χ0) is 44.3. The molecule has 336 valence electrons. The first-order valence-electron chi connectivity index (χ1n) is 23.7. The van der Waals surface area contributed by atoms with Crippen LogP contribution in [0.25, 0.3) is 0 Å². The van der Waals surface area contributed by atoms with Crippen molar-refractivity contribution in [2.24, 2.45) is 0 Å². The third kappa shape index (κ3) is 61.6. The molecule has 0 radical (unpaired) electrons. The standard InChI is InChI=1S/2C16H28O4.4C4H9.2Sn/c2*1-2-3-4-5-6-7-8-9-10-11-12-14(16(19)20)13-15(17)18;4*1-3-4-2;;/h2*13H,2-12H2,1H3,(H,17,18)(H,19,20);4*1,3-4H2,2H3;;/q;;;;;;2*+2/p-4/b2*14-13-;;;;;;. The second kappa shape index (κ2) is 56.0. The normalized spacial score (nSPS) is 10.8. The first-order valence-corrected chi connectivity index (χ1v) is 31.7. The summed E-state index contributed by atoms with van der Waals surface area (Å²) in [6.45, 7) is 13.6. The van der Waals surface area contributed by atoms with Gasteiger partial charge in [0.05, 0.1) is 23.9 Å². The Labute approximate surface area is 378 Å². The molecule has 0 aromatic carbocycles. The zero-order valence-electron chi connectivity index (χ0n) is 38.5. The Morgan fingerprint density at radius 2 is 0.534 bits per heavy atom. The minimum absolute atomic E-state index is 0.149. The number of carbonyl (C=O) groups excluding carboxylic acids is 4. The van der Waals surface area contributed by atoms with E-state index in [1.54, 1.807) is 17.7 Å². The fourth-order valence-electron chi connectivity index (χ4n) is 5.81. The summed E-state index contributed by atoms with van der Waals surface area (Å²) in [5.41, 5.74) is -0.353. The number of rotatable bonds is 38. The third-order valence-corrected chi connectivity index (χ3v) is 17.6. The third-order valence-electron chi connectivity index (χ3n) is 9.54. The van der Waals surface area contributed by atoms with Gasteiger partial charge in [-0.15, -0.1) is 0 Å². The average Bonchev–Trinajstić information content (AvgIpc) is 3.18. The molecule has 0 bridgehead atoms. The first kappa shape index (κ1) is 63.6. The van der Waals surface area contributed by atoms with Gasteiger partial charge in [-0.2, -0.15) is 0 Å². The van der Waals surface area contributed by atoms with Crippen molar-refractivity contribution in [1.29, 1.82) is 0 Å². The van der Waals surface area contributed by atoms with E-state index in [-0.39, 0.29) is 66.3 Å². The predicted octanol–water partition coefficient (Wildman–Crippen LogP) is 9.70. The number of hydrogen-bond acceptors (Lipinski definition) is 8. The van der Waals surface area contributed by atoms with Crippen molar-refractivity contribution in [2.75, 3.05) is 0 Å². The van der Waals surface area contributed by atoms with Crippen molar-refractivity contribution >= 4 is 66.2 Å². The van der Waals surface area contributed by atoms with Crippen LogP contribution in [0, 0.1) is 0 Å². The monoisotopic (exact) mass is 1030 g/mol. The van der Waals surface area contributed by atoms with E-state index in [4.69, 9.17) is 0 Å². The summed E-state index contributed by atoms with van der Waals surface area (Å²) in [5.74, 6) is -5.78. The van der Waals surface area contributed by atoms with Gasteiger partial charge in [0.15, 0.2) is 0 Å². The van der Waals surface area contributed by atoms with E-state index >= 15 is 0 Å². The molecule has 0 saturated carbocycles. The van der Waals surface area contributed by atoms with Gasteiger partial charge in [-0.05, 0) is 49.0 Å².